The maximum absolute atomic E-state index is 5.76. The number of piperidine rings is 1. The zero-order valence-electron chi connectivity index (χ0n) is 13.7. The second-order valence-corrected chi connectivity index (χ2v) is 6.00. The molecule has 2 rings (SSSR count). The molecule has 1 fully saturated rings. The molecule has 1 aliphatic heterocycles. The summed E-state index contributed by atoms with van der Waals surface area (Å²) in [5.41, 5.74) is 0.0151. The molecule has 5 heteroatoms. The van der Waals surface area contributed by atoms with E-state index in [2.05, 4.69) is 24.3 Å². The highest BCUT2D eigenvalue weighted by Crippen LogP contribution is 2.35. The second-order valence-electron chi connectivity index (χ2n) is 6.00. The standard InChI is InChI=1S/C16H29N3O2/c1-4-8-13(20-6-3)14-18-15(21-19-14)16(9-5-2)10-7-11-17-12-16/h13,17H,4-12H2,1-3H3. The summed E-state index contributed by atoms with van der Waals surface area (Å²) >= 11 is 0. The Morgan fingerprint density at radius 1 is 1.33 bits per heavy atom. The highest BCUT2D eigenvalue weighted by Gasteiger charge is 2.39. The summed E-state index contributed by atoms with van der Waals surface area (Å²) in [7, 11) is 0. The molecule has 1 N–H and O–H groups in total. The van der Waals surface area contributed by atoms with E-state index in [1.165, 1.54) is 6.42 Å². The van der Waals surface area contributed by atoms with E-state index in [1.54, 1.807) is 0 Å². The number of aromatic nitrogens is 2. The van der Waals surface area contributed by atoms with Gasteiger partial charge in [0, 0.05) is 13.2 Å². The van der Waals surface area contributed by atoms with Crippen molar-refractivity contribution in [3.05, 3.63) is 11.7 Å². The van der Waals surface area contributed by atoms with Gasteiger partial charge < -0.3 is 14.6 Å². The van der Waals surface area contributed by atoms with Crippen LogP contribution >= 0.6 is 0 Å². The molecule has 2 heterocycles. The molecule has 2 atom stereocenters. The predicted octanol–water partition coefficient (Wildman–Crippen LogP) is 3.37. The van der Waals surface area contributed by atoms with Crippen molar-refractivity contribution < 1.29 is 9.26 Å². The van der Waals surface area contributed by atoms with Gasteiger partial charge in [0.2, 0.25) is 11.7 Å². The van der Waals surface area contributed by atoms with Crippen molar-refractivity contribution in [2.75, 3.05) is 19.7 Å². The predicted molar refractivity (Wildman–Crippen MR) is 82.3 cm³/mol. The fourth-order valence-corrected chi connectivity index (χ4v) is 3.28. The molecule has 1 aromatic heterocycles. The molecule has 0 spiro atoms. The van der Waals surface area contributed by atoms with E-state index in [-0.39, 0.29) is 11.5 Å². The first kappa shape index (κ1) is 16.4. The number of rotatable bonds is 8. The van der Waals surface area contributed by atoms with Gasteiger partial charge in [-0.25, -0.2) is 0 Å². The Morgan fingerprint density at radius 2 is 2.19 bits per heavy atom. The van der Waals surface area contributed by atoms with Gasteiger partial charge in [-0.05, 0) is 39.2 Å². The van der Waals surface area contributed by atoms with Crippen LogP contribution in [-0.4, -0.2) is 29.8 Å². The molecule has 5 nitrogen and oxygen atoms in total. The number of nitrogens with one attached hydrogen (secondary N) is 1. The van der Waals surface area contributed by atoms with Gasteiger partial charge in [0.05, 0.1) is 5.41 Å². The molecule has 1 saturated heterocycles. The summed E-state index contributed by atoms with van der Waals surface area (Å²) in [4.78, 5) is 4.72. The molecular weight excluding hydrogens is 266 g/mol. The van der Waals surface area contributed by atoms with Gasteiger partial charge in [-0.2, -0.15) is 4.98 Å². The molecule has 0 aliphatic carbocycles. The zero-order chi connectivity index (χ0) is 15.1. The van der Waals surface area contributed by atoms with Crippen LogP contribution in [0.15, 0.2) is 4.52 Å². The Labute approximate surface area is 127 Å². The summed E-state index contributed by atoms with van der Waals surface area (Å²) in [6.45, 7) is 9.08. The average molecular weight is 295 g/mol. The van der Waals surface area contributed by atoms with E-state index in [4.69, 9.17) is 14.2 Å². The third-order valence-electron chi connectivity index (χ3n) is 4.30. The van der Waals surface area contributed by atoms with Gasteiger partial charge in [-0.3, -0.25) is 0 Å². The smallest absolute Gasteiger partial charge is 0.234 e. The van der Waals surface area contributed by atoms with Gasteiger partial charge in [0.25, 0.3) is 0 Å². The minimum atomic E-state index is -0.0345. The Kier molecular flexibility index (Phi) is 6.18. The Balaban J connectivity index is 2.19. The fraction of sp³-hybridized carbons (Fsp3) is 0.875. The van der Waals surface area contributed by atoms with Crippen LogP contribution in [0.5, 0.6) is 0 Å². The Hall–Kier alpha value is -0.940. The SMILES string of the molecule is CCCC(OCC)c1noc(C2(CCC)CCCNC2)n1. The molecule has 21 heavy (non-hydrogen) atoms. The molecular formula is C16H29N3O2. The van der Waals surface area contributed by atoms with Crippen molar-refractivity contribution in [2.45, 2.75) is 70.8 Å². The first-order chi connectivity index (χ1) is 10.3. The number of ether oxygens (including phenoxy) is 1. The van der Waals surface area contributed by atoms with Gasteiger partial charge in [0.15, 0.2) is 0 Å². The van der Waals surface area contributed by atoms with Crippen molar-refractivity contribution in [1.82, 2.24) is 15.5 Å². The third kappa shape index (κ3) is 3.83. The first-order valence-corrected chi connectivity index (χ1v) is 8.42. The second kappa shape index (κ2) is 7.90. The van der Waals surface area contributed by atoms with Crippen LogP contribution in [0.1, 0.15) is 77.1 Å². The minimum Gasteiger partial charge on any atom is -0.370 e. The number of hydrogen-bond donors (Lipinski definition) is 1. The van der Waals surface area contributed by atoms with E-state index >= 15 is 0 Å². The van der Waals surface area contributed by atoms with Gasteiger partial charge in [-0.1, -0.05) is 31.8 Å². The maximum atomic E-state index is 5.76. The van der Waals surface area contributed by atoms with Crippen LogP contribution in [-0.2, 0) is 10.2 Å². The monoisotopic (exact) mass is 295 g/mol. The van der Waals surface area contributed by atoms with E-state index in [0.29, 0.717) is 6.61 Å². The normalized spacial score (nSPS) is 24.1. The van der Waals surface area contributed by atoms with Crippen molar-refractivity contribution in [2.24, 2.45) is 0 Å². The van der Waals surface area contributed by atoms with Crippen LogP contribution in [0.25, 0.3) is 0 Å². The zero-order valence-corrected chi connectivity index (χ0v) is 13.7. The molecule has 0 radical (unpaired) electrons. The molecule has 120 valence electrons. The molecule has 0 bridgehead atoms. The first-order valence-electron chi connectivity index (χ1n) is 8.42. The summed E-state index contributed by atoms with van der Waals surface area (Å²) in [6, 6.07) is 0. The van der Waals surface area contributed by atoms with E-state index in [9.17, 15) is 0 Å². The molecule has 0 amide bonds. The molecule has 1 aliphatic rings. The largest absolute Gasteiger partial charge is 0.370 e. The van der Waals surface area contributed by atoms with Crippen LogP contribution < -0.4 is 5.32 Å². The van der Waals surface area contributed by atoms with E-state index in [1.807, 2.05) is 6.92 Å². The highest BCUT2D eigenvalue weighted by atomic mass is 16.5. The van der Waals surface area contributed by atoms with Crippen molar-refractivity contribution in [3.8, 4) is 0 Å². The molecule has 1 aromatic rings. The lowest BCUT2D eigenvalue weighted by molar-refractivity contribution is 0.0477. The van der Waals surface area contributed by atoms with Crippen LogP contribution in [0.2, 0.25) is 0 Å². The average Bonchev–Trinajstić information content (AvgIpc) is 2.99. The summed E-state index contributed by atoms with van der Waals surface area (Å²) in [6.07, 6.45) is 6.47. The topological polar surface area (TPSA) is 60.2 Å². The van der Waals surface area contributed by atoms with Crippen LogP contribution in [0, 0.1) is 0 Å². The van der Waals surface area contributed by atoms with Gasteiger partial charge >= 0.3 is 0 Å². The summed E-state index contributed by atoms with van der Waals surface area (Å²) in [5, 5.41) is 7.71. The van der Waals surface area contributed by atoms with Crippen molar-refractivity contribution in [1.29, 1.82) is 0 Å². The summed E-state index contributed by atoms with van der Waals surface area (Å²) < 4.78 is 11.4. The highest BCUT2D eigenvalue weighted by molar-refractivity contribution is 5.09. The summed E-state index contributed by atoms with van der Waals surface area (Å²) in [5.74, 6) is 1.52. The minimum absolute atomic E-state index is 0.0151. The van der Waals surface area contributed by atoms with Gasteiger partial charge in [0.1, 0.15) is 6.10 Å². The van der Waals surface area contributed by atoms with Crippen molar-refractivity contribution in [3.63, 3.8) is 0 Å². The van der Waals surface area contributed by atoms with E-state index in [0.717, 1.165) is 56.9 Å². The van der Waals surface area contributed by atoms with Crippen molar-refractivity contribution >= 4 is 0 Å². The number of hydrogen-bond acceptors (Lipinski definition) is 5. The lowest BCUT2D eigenvalue weighted by Gasteiger charge is -2.34. The lowest BCUT2D eigenvalue weighted by Crippen LogP contribution is -2.43. The Bertz CT molecular complexity index is 402. The quantitative estimate of drug-likeness (QED) is 0.796. The van der Waals surface area contributed by atoms with E-state index < -0.39 is 0 Å². The number of nitrogens with zero attached hydrogens (tertiary/aromatic N) is 2. The molecule has 0 aromatic carbocycles. The lowest BCUT2D eigenvalue weighted by atomic mass is 9.77. The van der Waals surface area contributed by atoms with Crippen LogP contribution in [0.3, 0.4) is 0 Å². The Morgan fingerprint density at radius 3 is 2.81 bits per heavy atom. The van der Waals surface area contributed by atoms with Gasteiger partial charge in [-0.15, -0.1) is 0 Å². The molecule has 2 unspecified atom stereocenters. The maximum Gasteiger partial charge on any atom is 0.234 e. The third-order valence-corrected chi connectivity index (χ3v) is 4.30. The van der Waals surface area contributed by atoms with Crippen LogP contribution in [0.4, 0.5) is 0 Å². The molecule has 0 saturated carbocycles. The fourth-order valence-electron chi connectivity index (χ4n) is 3.28.